The molecular weight excluding hydrogens is 244 g/mol. The van der Waals surface area contributed by atoms with E-state index in [-0.39, 0.29) is 5.56 Å². The molecule has 0 spiro atoms. The lowest BCUT2D eigenvalue weighted by Gasteiger charge is -2.22. The second-order valence-corrected chi connectivity index (χ2v) is 4.40. The molecule has 19 heavy (non-hydrogen) atoms. The molecule has 0 N–H and O–H groups in total. The maximum absolute atomic E-state index is 11.8. The summed E-state index contributed by atoms with van der Waals surface area (Å²) in [6.45, 7) is 0.666. The Labute approximate surface area is 110 Å². The molecule has 0 atom stereocenters. The third-order valence-electron chi connectivity index (χ3n) is 3.43. The second-order valence-electron chi connectivity index (χ2n) is 4.40. The second kappa shape index (κ2) is 4.42. The summed E-state index contributed by atoms with van der Waals surface area (Å²) in [6.07, 6.45) is 3.85. The maximum atomic E-state index is 11.8. The van der Waals surface area contributed by atoms with Crippen molar-refractivity contribution in [3.63, 3.8) is 0 Å². The standard InChI is InChI=1S/C14H14N2O3/c1-18-12-5-9-3-4-16-11(7-15-8-14(16)17)10(9)6-13(12)19-2/h5-8H,3-4H2,1-2H3. The summed E-state index contributed by atoms with van der Waals surface area (Å²) in [5.74, 6) is 1.37. The molecule has 5 nitrogen and oxygen atoms in total. The van der Waals surface area contributed by atoms with Crippen molar-refractivity contribution in [3.8, 4) is 22.8 Å². The molecule has 0 saturated heterocycles. The van der Waals surface area contributed by atoms with Gasteiger partial charge in [-0.3, -0.25) is 9.78 Å². The highest BCUT2D eigenvalue weighted by molar-refractivity contribution is 5.69. The molecule has 3 rings (SSSR count). The first-order valence-corrected chi connectivity index (χ1v) is 6.04. The van der Waals surface area contributed by atoms with Crippen molar-refractivity contribution in [2.75, 3.05) is 14.2 Å². The monoisotopic (exact) mass is 258 g/mol. The van der Waals surface area contributed by atoms with Crippen LogP contribution in [0.2, 0.25) is 0 Å². The summed E-state index contributed by atoms with van der Waals surface area (Å²) < 4.78 is 12.4. The van der Waals surface area contributed by atoms with Crippen molar-refractivity contribution < 1.29 is 9.47 Å². The minimum absolute atomic E-state index is 0.0714. The summed E-state index contributed by atoms with van der Waals surface area (Å²) >= 11 is 0. The van der Waals surface area contributed by atoms with Crippen molar-refractivity contribution in [1.82, 2.24) is 9.55 Å². The Kier molecular flexibility index (Phi) is 2.74. The fraction of sp³-hybridized carbons (Fsp3) is 0.286. The van der Waals surface area contributed by atoms with Crippen LogP contribution >= 0.6 is 0 Å². The summed E-state index contributed by atoms with van der Waals surface area (Å²) in [5, 5.41) is 0. The summed E-state index contributed by atoms with van der Waals surface area (Å²) in [4.78, 5) is 15.8. The molecule has 0 fully saturated rings. The van der Waals surface area contributed by atoms with Crippen molar-refractivity contribution in [1.29, 1.82) is 0 Å². The van der Waals surface area contributed by atoms with Gasteiger partial charge in [0.15, 0.2) is 11.5 Å². The van der Waals surface area contributed by atoms with Crippen molar-refractivity contribution >= 4 is 0 Å². The number of aromatic nitrogens is 2. The third-order valence-corrected chi connectivity index (χ3v) is 3.43. The van der Waals surface area contributed by atoms with Gasteiger partial charge >= 0.3 is 0 Å². The first-order chi connectivity index (χ1) is 9.24. The predicted molar refractivity (Wildman–Crippen MR) is 70.7 cm³/mol. The molecule has 0 aliphatic carbocycles. The Hall–Kier alpha value is -2.30. The SMILES string of the molecule is COc1cc2c(cc1OC)-c1cncc(=O)n1CC2. The molecule has 0 radical (unpaired) electrons. The largest absolute Gasteiger partial charge is 0.493 e. The Morgan fingerprint density at radius 1 is 1.16 bits per heavy atom. The number of fused-ring (bicyclic) bond motifs is 3. The van der Waals surface area contributed by atoms with Gasteiger partial charge in [-0.2, -0.15) is 0 Å². The first kappa shape index (κ1) is 11.8. The highest BCUT2D eigenvalue weighted by atomic mass is 16.5. The molecule has 98 valence electrons. The van der Waals surface area contributed by atoms with Gasteiger partial charge in [0.25, 0.3) is 5.56 Å². The van der Waals surface area contributed by atoms with Crippen LogP contribution in [0.1, 0.15) is 5.56 Å². The van der Waals surface area contributed by atoms with E-state index in [0.29, 0.717) is 18.0 Å². The van der Waals surface area contributed by atoms with Crippen molar-refractivity contribution in [2.45, 2.75) is 13.0 Å². The summed E-state index contributed by atoms with van der Waals surface area (Å²) in [6, 6.07) is 3.87. The lowest BCUT2D eigenvalue weighted by Crippen LogP contribution is -2.25. The van der Waals surface area contributed by atoms with Crippen LogP contribution in [0, 0.1) is 0 Å². The predicted octanol–water partition coefficient (Wildman–Crippen LogP) is 1.48. The average Bonchev–Trinajstić information content (AvgIpc) is 2.45. The van der Waals surface area contributed by atoms with Gasteiger partial charge < -0.3 is 14.0 Å². The molecule has 0 amide bonds. The number of aryl methyl sites for hydroxylation is 1. The normalized spacial score (nSPS) is 12.5. The van der Waals surface area contributed by atoms with E-state index >= 15 is 0 Å². The number of hydrogen-bond donors (Lipinski definition) is 0. The zero-order chi connectivity index (χ0) is 13.4. The van der Waals surface area contributed by atoms with Gasteiger partial charge in [-0.05, 0) is 24.1 Å². The zero-order valence-corrected chi connectivity index (χ0v) is 10.8. The highest BCUT2D eigenvalue weighted by Crippen LogP contribution is 2.37. The maximum Gasteiger partial charge on any atom is 0.269 e. The number of methoxy groups -OCH3 is 2. The molecule has 2 aromatic rings. The molecule has 1 aliphatic rings. The number of hydrogen-bond acceptors (Lipinski definition) is 4. The lowest BCUT2D eigenvalue weighted by molar-refractivity contribution is 0.354. The van der Waals surface area contributed by atoms with Gasteiger partial charge in [-0.1, -0.05) is 0 Å². The van der Waals surface area contributed by atoms with Crippen LogP contribution in [0.3, 0.4) is 0 Å². The van der Waals surface area contributed by atoms with Crippen LogP contribution < -0.4 is 15.0 Å². The summed E-state index contributed by atoms with van der Waals surface area (Å²) in [5.41, 5.74) is 2.88. The van der Waals surface area contributed by atoms with E-state index < -0.39 is 0 Å². The summed E-state index contributed by atoms with van der Waals surface area (Å²) in [7, 11) is 3.22. The zero-order valence-electron chi connectivity index (χ0n) is 10.8. The molecule has 0 bridgehead atoms. The molecule has 0 saturated carbocycles. The Morgan fingerprint density at radius 3 is 2.63 bits per heavy atom. The third kappa shape index (κ3) is 1.78. The molecule has 0 unspecified atom stereocenters. The quantitative estimate of drug-likeness (QED) is 0.818. The molecule has 1 aromatic carbocycles. The number of benzene rings is 1. The first-order valence-electron chi connectivity index (χ1n) is 6.04. The van der Waals surface area contributed by atoms with Gasteiger partial charge in [0.2, 0.25) is 0 Å². The van der Waals surface area contributed by atoms with Crippen LogP contribution in [-0.4, -0.2) is 23.8 Å². The molecular formula is C14H14N2O3. The van der Waals surface area contributed by atoms with Gasteiger partial charge in [0, 0.05) is 12.1 Å². The average molecular weight is 258 g/mol. The van der Waals surface area contributed by atoms with E-state index in [0.717, 1.165) is 23.2 Å². The number of rotatable bonds is 2. The van der Waals surface area contributed by atoms with E-state index in [4.69, 9.17) is 9.47 Å². The van der Waals surface area contributed by atoms with Gasteiger partial charge in [-0.15, -0.1) is 0 Å². The number of nitrogens with zero attached hydrogens (tertiary/aromatic N) is 2. The molecule has 5 heteroatoms. The molecule has 1 aromatic heterocycles. The van der Waals surface area contributed by atoms with Crippen LogP contribution in [0.5, 0.6) is 11.5 Å². The van der Waals surface area contributed by atoms with Crippen LogP contribution in [-0.2, 0) is 13.0 Å². The van der Waals surface area contributed by atoms with Crippen LogP contribution in [0.15, 0.2) is 29.3 Å². The van der Waals surface area contributed by atoms with Crippen LogP contribution in [0.25, 0.3) is 11.3 Å². The van der Waals surface area contributed by atoms with Gasteiger partial charge in [-0.25, -0.2) is 0 Å². The molecule has 1 aliphatic heterocycles. The van der Waals surface area contributed by atoms with E-state index in [1.807, 2.05) is 12.1 Å². The van der Waals surface area contributed by atoms with Crippen molar-refractivity contribution in [2.24, 2.45) is 0 Å². The van der Waals surface area contributed by atoms with Gasteiger partial charge in [0.05, 0.1) is 32.3 Å². The minimum atomic E-state index is -0.0714. The Balaban J connectivity index is 2.26. The van der Waals surface area contributed by atoms with E-state index in [2.05, 4.69) is 4.98 Å². The smallest absolute Gasteiger partial charge is 0.269 e. The van der Waals surface area contributed by atoms with Crippen LogP contribution in [0.4, 0.5) is 0 Å². The van der Waals surface area contributed by atoms with E-state index in [9.17, 15) is 4.79 Å². The Morgan fingerprint density at radius 2 is 1.89 bits per heavy atom. The number of ether oxygens (including phenoxy) is 2. The minimum Gasteiger partial charge on any atom is -0.493 e. The highest BCUT2D eigenvalue weighted by Gasteiger charge is 2.20. The Bertz CT molecular complexity index is 692. The van der Waals surface area contributed by atoms with E-state index in [1.165, 1.54) is 6.20 Å². The lowest BCUT2D eigenvalue weighted by atomic mass is 9.97. The fourth-order valence-electron chi connectivity index (χ4n) is 2.47. The van der Waals surface area contributed by atoms with Gasteiger partial charge in [0.1, 0.15) is 0 Å². The fourth-order valence-corrected chi connectivity index (χ4v) is 2.47. The molecule has 2 heterocycles. The topological polar surface area (TPSA) is 53.4 Å². The van der Waals surface area contributed by atoms with E-state index in [1.54, 1.807) is 25.0 Å². The van der Waals surface area contributed by atoms with Crippen molar-refractivity contribution in [3.05, 3.63) is 40.4 Å².